The van der Waals surface area contributed by atoms with Gasteiger partial charge in [0.1, 0.15) is 5.69 Å². The molecular formula is C11H6BrClF3NO. The molecular weight excluding hydrogens is 334 g/mol. The molecule has 0 aliphatic rings. The third-order valence-corrected chi connectivity index (χ3v) is 3.25. The first kappa shape index (κ1) is 13.4. The molecule has 0 N–H and O–H groups in total. The zero-order valence-electron chi connectivity index (χ0n) is 8.76. The van der Waals surface area contributed by atoms with E-state index >= 15 is 0 Å². The van der Waals surface area contributed by atoms with E-state index in [0.29, 0.717) is 5.56 Å². The lowest BCUT2D eigenvalue weighted by molar-refractivity contribution is -0.137. The lowest BCUT2D eigenvalue weighted by Gasteiger charge is -2.11. The van der Waals surface area contributed by atoms with Gasteiger partial charge in [-0.1, -0.05) is 23.4 Å². The molecule has 0 atom stereocenters. The first-order chi connectivity index (χ1) is 8.45. The number of alkyl halides is 4. The molecule has 0 unspecified atom stereocenters. The zero-order valence-corrected chi connectivity index (χ0v) is 11.1. The molecule has 2 aromatic rings. The first-order valence-electron chi connectivity index (χ1n) is 4.81. The van der Waals surface area contributed by atoms with Crippen LogP contribution in [0.25, 0.3) is 11.3 Å². The minimum absolute atomic E-state index is 0.00556. The minimum atomic E-state index is -4.45. The molecule has 0 saturated carbocycles. The number of nitrogens with zero attached hydrogens (tertiary/aromatic N) is 1. The summed E-state index contributed by atoms with van der Waals surface area (Å²) >= 11 is 8.74. The Morgan fingerprint density at radius 1 is 1.28 bits per heavy atom. The second-order valence-electron chi connectivity index (χ2n) is 3.46. The highest BCUT2D eigenvalue weighted by Gasteiger charge is 2.34. The van der Waals surface area contributed by atoms with Gasteiger partial charge in [-0.15, -0.1) is 11.6 Å². The molecule has 0 fully saturated rings. The lowest BCUT2D eigenvalue weighted by atomic mass is 10.0. The first-order valence-corrected chi connectivity index (χ1v) is 6.14. The van der Waals surface area contributed by atoms with Crippen LogP contribution in [0.1, 0.15) is 11.1 Å². The van der Waals surface area contributed by atoms with Crippen molar-refractivity contribution in [1.29, 1.82) is 0 Å². The van der Waals surface area contributed by atoms with E-state index < -0.39 is 11.7 Å². The van der Waals surface area contributed by atoms with Crippen molar-refractivity contribution in [3.8, 4) is 11.3 Å². The zero-order chi connectivity index (χ0) is 13.3. The van der Waals surface area contributed by atoms with Gasteiger partial charge in [-0.2, -0.15) is 13.2 Å². The average molecular weight is 341 g/mol. The van der Waals surface area contributed by atoms with E-state index in [9.17, 15) is 13.2 Å². The topological polar surface area (TPSA) is 26.0 Å². The fourth-order valence-electron chi connectivity index (χ4n) is 1.55. The molecule has 1 aromatic carbocycles. The normalized spacial score (nSPS) is 11.8. The molecule has 0 bridgehead atoms. The molecule has 0 aliphatic heterocycles. The number of benzene rings is 1. The van der Waals surface area contributed by atoms with Crippen LogP contribution in [-0.2, 0) is 12.1 Å². The number of aromatic nitrogens is 1. The van der Waals surface area contributed by atoms with Crippen LogP contribution < -0.4 is 0 Å². The molecule has 7 heteroatoms. The smallest absolute Gasteiger partial charge is 0.348 e. The van der Waals surface area contributed by atoms with Crippen molar-refractivity contribution in [2.75, 3.05) is 0 Å². The Balaban J connectivity index is 2.64. The van der Waals surface area contributed by atoms with E-state index in [-0.39, 0.29) is 21.8 Å². The molecule has 0 amide bonds. The van der Waals surface area contributed by atoms with Crippen molar-refractivity contribution in [2.45, 2.75) is 12.1 Å². The van der Waals surface area contributed by atoms with Crippen LogP contribution in [0.4, 0.5) is 13.2 Å². The summed E-state index contributed by atoms with van der Waals surface area (Å²) in [7, 11) is 0. The van der Waals surface area contributed by atoms with Crippen LogP contribution in [-0.4, -0.2) is 5.16 Å². The quantitative estimate of drug-likeness (QED) is 0.730. The maximum absolute atomic E-state index is 12.9. The van der Waals surface area contributed by atoms with Gasteiger partial charge in [0.2, 0.25) is 4.67 Å². The van der Waals surface area contributed by atoms with Gasteiger partial charge in [0.25, 0.3) is 0 Å². The molecule has 0 spiro atoms. The highest BCUT2D eigenvalue weighted by molar-refractivity contribution is 9.10. The molecule has 18 heavy (non-hydrogen) atoms. The fourth-order valence-corrected chi connectivity index (χ4v) is 2.36. The molecule has 2 rings (SSSR count). The van der Waals surface area contributed by atoms with Gasteiger partial charge in [0.15, 0.2) is 0 Å². The van der Waals surface area contributed by atoms with Gasteiger partial charge in [-0.25, -0.2) is 0 Å². The second-order valence-corrected chi connectivity index (χ2v) is 4.45. The maximum Gasteiger partial charge on any atom is 0.417 e. The highest BCUT2D eigenvalue weighted by Crippen LogP contribution is 2.39. The van der Waals surface area contributed by atoms with Crippen molar-refractivity contribution in [2.24, 2.45) is 0 Å². The number of halogens is 5. The van der Waals surface area contributed by atoms with E-state index in [2.05, 4.69) is 21.1 Å². The van der Waals surface area contributed by atoms with Gasteiger partial charge in [0.05, 0.1) is 11.4 Å². The van der Waals surface area contributed by atoms with Crippen LogP contribution in [0, 0.1) is 0 Å². The molecule has 0 saturated heterocycles. The summed E-state index contributed by atoms with van der Waals surface area (Å²) in [6.07, 6.45) is -4.45. The number of rotatable bonds is 2. The monoisotopic (exact) mass is 339 g/mol. The summed E-state index contributed by atoms with van der Waals surface area (Å²) in [5, 5.41) is 3.62. The van der Waals surface area contributed by atoms with E-state index in [0.717, 1.165) is 6.07 Å². The largest absolute Gasteiger partial charge is 0.417 e. The molecule has 1 heterocycles. The van der Waals surface area contributed by atoms with Crippen molar-refractivity contribution < 1.29 is 17.7 Å². The summed E-state index contributed by atoms with van der Waals surface area (Å²) in [6.45, 7) is 0. The summed E-state index contributed by atoms with van der Waals surface area (Å²) in [5.41, 5.74) is -0.314. The Bertz CT molecular complexity index is 568. The fraction of sp³-hybridized carbons (Fsp3) is 0.182. The Morgan fingerprint density at radius 2 is 1.94 bits per heavy atom. The van der Waals surface area contributed by atoms with E-state index in [1.54, 1.807) is 0 Å². The number of hydrogen-bond donors (Lipinski definition) is 0. The van der Waals surface area contributed by atoms with Crippen LogP contribution in [0.3, 0.4) is 0 Å². The van der Waals surface area contributed by atoms with Gasteiger partial charge in [-0.3, -0.25) is 0 Å². The van der Waals surface area contributed by atoms with Gasteiger partial charge < -0.3 is 4.52 Å². The number of hydrogen-bond acceptors (Lipinski definition) is 2. The SMILES string of the molecule is FC(F)(F)c1ccccc1-c1noc(Br)c1CCl. The van der Waals surface area contributed by atoms with Crippen LogP contribution in [0.2, 0.25) is 0 Å². The Morgan fingerprint density at radius 3 is 2.56 bits per heavy atom. The van der Waals surface area contributed by atoms with Crippen LogP contribution in [0.15, 0.2) is 33.5 Å². The molecule has 0 radical (unpaired) electrons. The minimum Gasteiger partial charge on any atom is -0.348 e. The van der Waals surface area contributed by atoms with Crippen molar-refractivity contribution in [1.82, 2.24) is 5.16 Å². The maximum atomic E-state index is 12.9. The Kier molecular flexibility index (Phi) is 3.68. The van der Waals surface area contributed by atoms with Gasteiger partial charge in [-0.05, 0) is 22.0 Å². The summed E-state index contributed by atoms with van der Waals surface area (Å²) in [6, 6.07) is 5.16. The Hall–Kier alpha value is -1.01. The predicted molar refractivity (Wildman–Crippen MR) is 64.2 cm³/mol. The summed E-state index contributed by atoms with van der Waals surface area (Å²) < 4.78 is 43.7. The van der Waals surface area contributed by atoms with E-state index in [4.69, 9.17) is 16.1 Å². The third-order valence-electron chi connectivity index (χ3n) is 2.36. The summed E-state index contributed by atoms with van der Waals surface area (Å²) in [5.74, 6) is 0.00556. The predicted octanol–water partition coefficient (Wildman–Crippen LogP) is 4.86. The summed E-state index contributed by atoms with van der Waals surface area (Å²) in [4.78, 5) is 0. The third kappa shape index (κ3) is 2.40. The van der Waals surface area contributed by atoms with Crippen molar-refractivity contribution in [3.63, 3.8) is 0 Å². The van der Waals surface area contributed by atoms with Gasteiger partial charge >= 0.3 is 6.18 Å². The second kappa shape index (κ2) is 4.93. The molecule has 0 aliphatic carbocycles. The lowest BCUT2D eigenvalue weighted by Crippen LogP contribution is -2.07. The average Bonchev–Trinajstić information content (AvgIpc) is 2.69. The molecule has 96 valence electrons. The standard InChI is InChI=1S/C11H6BrClF3NO/c12-10-7(5-13)9(17-18-10)6-3-1-2-4-8(6)11(14,15)16/h1-4H,5H2. The van der Waals surface area contributed by atoms with E-state index in [1.807, 2.05) is 0 Å². The highest BCUT2D eigenvalue weighted by atomic mass is 79.9. The van der Waals surface area contributed by atoms with E-state index in [1.165, 1.54) is 18.2 Å². The van der Waals surface area contributed by atoms with Gasteiger partial charge in [0, 0.05) is 11.1 Å². The van der Waals surface area contributed by atoms with Crippen LogP contribution >= 0.6 is 27.5 Å². The molecule has 2 nitrogen and oxygen atoms in total. The van der Waals surface area contributed by atoms with Crippen LogP contribution in [0.5, 0.6) is 0 Å². The molecule has 1 aromatic heterocycles. The van der Waals surface area contributed by atoms with Crippen molar-refractivity contribution >= 4 is 27.5 Å². The van der Waals surface area contributed by atoms with Crippen molar-refractivity contribution in [3.05, 3.63) is 40.1 Å². The Labute approximate surface area is 114 Å².